The molecule has 0 atom stereocenters. The van der Waals surface area contributed by atoms with Crippen LogP contribution in [0.5, 0.6) is 5.75 Å². The van der Waals surface area contributed by atoms with Crippen LogP contribution < -0.4 is 4.74 Å². The van der Waals surface area contributed by atoms with Gasteiger partial charge in [0, 0.05) is 18.2 Å². The van der Waals surface area contributed by atoms with E-state index in [0.29, 0.717) is 24.3 Å². The molecule has 0 unspecified atom stereocenters. The summed E-state index contributed by atoms with van der Waals surface area (Å²) in [7, 11) is 0. The molecule has 4 saturated carbocycles. The smallest absolute Gasteiger partial charge is 0.406 e. The minimum atomic E-state index is -4.69. The lowest BCUT2D eigenvalue weighted by atomic mass is 9.54. The van der Waals surface area contributed by atoms with Crippen LogP contribution in [0.1, 0.15) is 44.1 Å². The van der Waals surface area contributed by atoms with Gasteiger partial charge in [-0.2, -0.15) is 0 Å². The van der Waals surface area contributed by atoms with E-state index in [1.807, 2.05) is 6.08 Å². The number of amides is 1. The Labute approximate surface area is 162 Å². The molecule has 6 heteroatoms. The minimum Gasteiger partial charge on any atom is -0.406 e. The molecule has 4 aliphatic carbocycles. The fraction of sp³-hybridized carbons (Fsp3) is 0.591. The number of alkyl halides is 3. The molecule has 0 N–H and O–H groups in total. The Morgan fingerprint density at radius 1 is 0.964 bits per heavy atom. The van der Waals surface area contributed by atoms with E-state index in [1.54, 1.807) is 12.1 Å². The molecule has 1 amide bonds. The highest BCUT2D eigenvalue weighted by Crippen LogP contribution is 2.55. The predicted molar refractivity (Wildman–Crippen MR) is 98.3 cm³/mol. The summed E-state index contributed by atoms with van der Waals surface area (Å²) in [6, 6.07) is 6.09. The van der Waals surface area contributed by atoms with Gasteiger partial charge in [0.25, 0.3) is 0 Å². The molecule has 6 rings (SSSR count). The molecule has 0 spiro atoms. The Bertz CT molecular complexity index is 771. The van der Waals surface area contributed by atoms with E-state index in [2.05, 4.69) is 9.64 Å². The molecule has 1 aliphatic heterocycles. The van der Waals surface area contributed by atoms with Crippen molar-refractivity contribution in [1.82, 2.24) is 4.90 Å². The maximum atomic E-state index is 13.1. The van der Waals surface area contributed by atoms with E-state index < -0.39 is 6.36 Å². The molecule has 5 fully saturated rings. The summed E-state index contributed by atoms with van der Waals surface area (Å²) in [6.45, 7) is 0.771. The fourth-order valence-electron chi connectivity index (χ4n) is 6.42. The maximum Gasteiger partial charge on any atom is 0.573 e. The van der Waals surface area contributed by atoms with Crippen LogP contribution in [-0.4, -0.2) is 29.8 Å². The second-order valence-electron chi connectivity index (χ2n) is 8.96. The Balaban J connectivity index is 1.30. The van der Waals surface area contributed by atoms with Gasteiger partial charge < -0.3 is 9.64 Å². The highest BCUT2D eigenvalue weighted by molar-refractivity contribution is 6.00. The molecule has 1 aromatic carbocycles. The van der Waals surface area contributed by atoms with Gasteiger partial charge in [-0.25, -0.2) is 0 Å². The second-order valence-corrected chi connectivity index (χ2v) is 8.96. The van der Waals surface area contributed by atoms with Gasteiger partial charge >= 0.3 is 6.36 Å². The lowest BCUT2D eigenvalue weighted by Gasteiger charge is -2.56. The van der Waals surface area contributed by atoms with E-state index in [1.165, 1.54) is 44.2 Å². The maximum absolute atomic E-state index is 13.1. The van der Waals surface area contributed by atoms with Crippen molar-refractivity contribution in [1.29, 1.82) is 0 Å². The summed E-state index contributed by atoms with van der Waals surface area (Å²) in [6.07, 6.45) is 4.34. The van der Waals surface area contributed by atoms with Gasteiger partial charge in [0.05, 0.1) is 0 Å². The minimum absolute atomic E-state index is 0.119. The number of rotatable bonds is 3. The van der Waals surface area contributed by atoms with Crippen molar-refractivity contribution in [3.05, 3.63) is 35.4 Å². The second kappa shape index (κ2) is 6.53. The van der Waals surface area contributed by atoms with Crippen molar-refractivity contribution in [2.24, 2.45) is 23.7 Å². The third kappa shape index (κ3) is 3.31. The van der Waals surface area contributed by atoms with E-state index in [-0.39, 0.29) is 11.7 Å². The van der Waals surface area contributed by atoms with Crippen molar-refractivity contribution in [3.8, 4) is 5.75 Å². The van der Waals surface area contributed by atoms with Gasteiger partial charge in [-0.1, -0.05) is 12.1 Å². The summed E-state index contributed by atoms with van der Waals surface area (Å²) >= 11 is 0. The number of likely N-dealkylation sites (tertiary alicyclic amines) is 1. The normalized spacial score (nSPS) is 35.8. The topological polar surface area (TPSA) is 29.5 Å². The molecule has 1 heterocycles. The van der Waals surface area contributed by atoms with Gasteiger partial charge in [-0.15, -0.1) is 13.2 Å². The average molecular weight is 391 g/mol. The monoisotopic (exact) mass is 391 g/mol. The number of nitrogens with zero attached hydrogens (tertiary/aromatic N) is 1. The summed E-state index contributed by atoms with van der Waals surface area (Å²) < 4.78 is 40.7. The summed E-state index contributed by atoms with van der Waals surface area (Å²) in [5.41, 5.74) is 1.49. The van der Waals surface area contributed by atoms with Crippen molar-refractivity contribution >= 4 is 12.0 Å². The Kier molecular flexibility index (Phi) is 4.21. The van der Waals surface area contributed by atoms with Crippen LogP contribution in [0.2, 0.25) is 0 Å². The molecule has 5 aliphatic rings. The highest BCUT2D eigenvalue weighted by atomic mass is 19.4. The summed E-state index contributed by atoms with van der Waals surface area (Å²) in [5, 5.41) is 0. The van der Waals surface area contributed by atoms with Gasteiger partial charge in [-0.05, 0) is 86.0 Å². The average Bonchev–Trinajstić information content (AvgIpc) is 2.95. The van der Waals surface area contributed by atoms with E-state index in [4.69, 9.17) is 0 Å². The quantitative estimate of drug-likeness (QED) is 0.677. The number of benzene rings is 1. The van der Waals surface area contributed by atoms with Crippen molar-refractivity contribution in [3.63, 3.8) is 0 Å². The first-order chi connectivity index (χ1) is 13.4. The van der Waals surface area contributed by atoms with Crippen LogP contribution in [0.15, 0.2) is 29.8 Å². The lowest BCUT2D eigenvalue weighted by molar-refractivity contribution is -0.274. The van der Waals surface area contributed by atoms with Crippen LogP contribution >= 0.6 is 0 Å². The number of ether oxygens (including phenoxy) is 1. The summed E-state index contributed by atoms with van der Waals surface area (Å²) in [4.78, 5) is 15.2. The molecule has 1 aromatic rings. The summed E-state index contributed by atoms with van der Waals surface area (Å²) in [5.74, 6) is 2.96. The zero-order valence-electron chi connectivity index (χ0n) is 15.6. The number of hydrogen-bond acceptors (Lipinski definition) is 2. The lowest BCUT2D eigenvalue weighted by Crippen LogP contribution is -2.56. The number of halogens is 3. The third-order valence-corrected chi connectivity index (χ3v) is 7.15. The number of hydrogen-bond donors (Lipinski definition) is 0. The van der Waals surface area contributed by atoms with E-state index in [9.17, 15) is 18.0 Å². The Hall–Kier alpha value is -1.98. The predicted octanol–water partition coefficient (Wildman–Crippen LogP) is 5.03. The SMILES string of the molecule is O=C1/C(=C/c2ccc(OC(F)(F)F)cc2)CCN1C1C2CC3CC(C2)CC1C3. The molecular weight excluding hydrogens is 367 g/mol. The first-order valence-corrected chi connectivity index (χ1v) is 10.2. The van der Waals surface area contributed by atoms with Gasteiger partial charge in [-0.3, -0.25) is 4.79 Å². The molecule has 1 saturated heterocycles. The molecule has 4 bridgehead atoms. The fourth-order valence-corrected chi connectivity index (χ4v) is 6.42. The molecule has 28 heavy (non-hydrogen) atoms. The number of carbonyl (C=O) groups is 1. The zero-order chi connectivity index (χ0) is 19.5. The Morgan fingerprint density at radius 3 is 2.14 bits per heavy atom. The molecule has 0 radical (unpaired) electrons. The van der Waals surface area contributed by atoms with Gasteiger partial charge in [0.15, 0.2) is 0 Å². The van der Waals surface area contributed by atoms with Crippen LogP contribution in [-0.2, 0) is 4.79 Å². The largest absolute Gasteiger partial charge is 0.573 e. The Morgan fingerprint density at radius 2 is 1.57 bits per heavy atom. The molecule has 0 aromatic heterocycles. The van der Waals surface area contributed by atoms with Crippen LogP contribution in [0.4, 0.5) is 13.2 Å². The van der Waals surface area contributed by atoms with Crippen LogP contribution in [0.25, 0.3) is 6.08 Å². The third-order valence-electron chi connectivity index (χ3n) is 7.15. The first-order valence-electron chi connectivity index (χ1n) is 10.2. The van der Waals surface area contributed by atoms with Crippen molar-refractivity contribution in [2.45, 2.75) is 50.9 Å². The van der Waals surface area contributed by atoms with Crippen molar-refractivity contribution in [2.75, 3.05) is 6.54 Å². The first kappa shape index (κ1) is 18.1. The van der Waals surface area contributed by atoms with Gasteiger partial charge in [0.2, 0.25) is 5.91 Å². The highest BCUT2D eigenvalue weighted by Gasteiger charge is 2.51. The van der Waals surface area contributed by atoms with Crippen molar-refractivity contribution < 1.29 is 22.7 Å². The van der Waals surface area contributed by atoms with E-state index in [0.717, 1.165) is 29.5 Å². The molecule has 3 nitrogen and oxygen atoms in total. The van der Waals surface area contributed by atoms with Crippen LogP contribution in [0.3, 0.4) is 0 Å². The number of carbonyl (C=O) groups excluding carboxylic acids is 1. The molecule has 150 valence electrons. The zero-order valence-corrected chi connectivity index (χ0v) is 15.6. The standard InChI is InChI=1S/C22H24F3NO2/c23-22(24,25)28-19-3-1-13(2-4-19)8-16-5-6-26(21(16)27)20-17-9-14-7-15(11-17)12-18(20)10-14/h1-4,8,14-15,17-18,20H,5-7,9-12H2/b16-8+. The van der Waals surface area contributed by atoms with Gasteiger partial charge in [0.1, 0.15) is 5.75 Å². The molecular formula is C22H24F3NO2. The van der Waals surface area contributed by atoms with Crippen LogP contribution in [0, 0.1) is 23.7 Å². The van der Waals surface area contributed by atoms with E-state index >= 15 is 0 Å².